The Balaban J connectivity index is 1.77. The van der Waals surface area contributed by atoms with Gasteiger partial charge in [-0.15, -0.1) is 0 Å². The predicted octanol–water partition coefficient (Wildman–Crippen LogP) is 7.84. The van der Waals surface area contributed by atoms with Crippen molar-refractivity contribution in [3.05, 3.63) is 149 Å². The van der Waals surface area contributed by atoms with Gasteiger partial charge in [0.05, 0.1) is 22.9 Å². The molecule has 4 heteroatoms. The van der Waals surface area contributed by atoms with Crippen LogP contribution in [0.25, 0.3) is 16.7 Å². The van der Waals surface area contributed by atoms with Crippen LogP contribution in [0.5, 0.6) is 0 Å². The number of nitriles is 1. The average Bonchev–Trinajstić information content (AvgIpc) is 3.37. The van der Waals surface area contributed by atoms with E-state index in [9.17, 15) is 10.1 Å². The highest BCUT2D eigenvalue weighted by Crippen LogP contribution is 2.54. The molecule has 6 rings (SSSR count). The molecular weight excluding hydrogens is 502 g/mol. The molecule has 0 aliphatic carbocycles. The predicted molar refractivity (Wildman–Crippen MR) is 168 cm³/mol. The zero-order valence-electron chi connectivity index (χ0n) is 23.8. The first-order valence-electron chi connectivity index (χ1n) is 13.7. The first kappa shape index (κ1) is 26.1. The van der Waals surface area contributed by atoms with Gasteiger partial charge in [-0.1, -0.05) is 99.3 Å². The minimum atomic E-state index is -0.385. The maximum Gasteiger partial charge on any atom is 0.259 e. The van der Waals surface area contributed by atoms with Gasteiger partial charge in [0.25, 0.3) is 5.91 Å². The summed E-state index contributed by atoms with van der Waals surface area (Å²) < 4.78 is 0. The molecule has 2 aliphatic rings. The van der Waals surface area contributed by atoms with Crippen LogP contribution in [-0.2, 0) is 10.2 Å². The second-order valence-corrected chi connectivity index (χ2v) is 11.1. The summed E-state index contributed by atoms with van der Waals surface area (Å²) in [7, 11) is 3.93. The number of hydrogen-bond donors (Lipinski definition) is 0. The zero-order chi connectivity index (χ0) is 28.9. The lowest BCUT2D eigenvalue weighted by Crippen LogP contribution is -2.26. The lowest BCUT2D eigenvalue weighted by molar-refractivity contribution is -0.112. The van der Waals surface area contributed by atoms with E-state index in [4.69, 9.17) is 0 Å². The summed E-state index contributed by atoms with van der Waals surface area (Å²) in [4.78, 5) is 18.1. The van der Waals surface area contributed by atoms with E-state index in [1.165, 1.54) is 5.56 Å². The number of rotatable bonds is 4. The van der Waals surface area contributed by atoms with Crippen LogP contribution in [0, 0.1) is 11.3 Å². The summed E-state index contributed by atoms with van der Waals surface area (Å²) in [5.41, 5.74) is 10.5. The van der Waals surface area contributed by atoms with E-state index in [1.807, 2.05) is 73.8 Å². The third-order valence-electron chi connectivity index (χ3n) is 8.38. The van der Waals surface area contributed by atoms with Crippen LogP contribution in [-0.4, -0.2) is 20.0 Å². The van der Waals surface area contributed by atoms with Crippen molar-refractivity contribution in [3.8, 4) is 6.07 Å². The fourth-order valence-corrected chi connectivity index (χ4v) is 6.37. The molecule has 0 N–H and O–H groups in total. The molecule has 0 saturated carbocycles. The maximum atomic E-state index is 14.2. The Bertz CT molecular complexity index is 1820. The number of nitrogens with zero attached hydrogens (tertiary/aromatic N) is 3. The van der Waals surface area contributed by atoms with E-state index >= 15 is 0 Å². The van der Waals surface area contributed by atoms with Crippen LogP contribution in [0.2, 0.25) is 0 Å². The van der Waals surface area contributed by atoms with Crippen molar-refractivity contribution in [2.75, 3.05) is 23.9 Å². The molecule has 2 aliphatic heterocycles. The van der Waals surface area contributed by atoms with Crippen LogP contribution in [0.3, 0.4) is 0 Å². The summed E-state index contributed by atoms with van der Waals surface area (Å²) in [5, 5.41) is 9.44. The second kappa shape index (κ2) is 9.80. The number of para-hydroxylation sites is 2. The Labute approximate surface area is 241 Å². The number of benzene rings is 4. The smallest absolute Gasteiger partial charge is 0.259 e. The first-order chi connectivity index (χ1) is 19.8. The largest absolute Gasteiger partial charge is 0.346 e. The number of anilines is 2. The van der Waals surface area contributed by atoms with E-state index < -0.39 is 0 Å². The van der Waals surface area contributed by atoms with Crippen molar-refractivity contribution in [3.63, 3.8) is 0 Å². The van der Waals surface area contributed by atoms with Gasteiger partial charge in [-0.3, -0.25) is 4.79 Å². The van der Waals surface area contributed by atoms with Gasteiger partial charge in [0.1, 0.15) is 0 Å². The molecule has 0 unspecified atom stereocenters. The quantitative estimate of drug-likeness (QED) is 0.251. The van der Waals surface area contributed by atoms with Crippen LogP contribution in [0.15, 0.2) is 121 Å². The lowest BCUT2D eigenvalue weighted by atomic mass is 9.76. The van der Waals surface area contributed by atoms with Crippen molar-refractivity contribution in [1.29, 1.82) is 5.26 Å². The minimum absolute atomic E-state index is 0.0493. The van der Waals surface area contributed by atoms with Crippen molar-refractivity contribution in [2.24, 2.45) is 0 Å². The molecule has 0 spiro atoms. The van der Waals surface area contributed by atoms with Crippen molar-refractivity contribution in [2.45, 2.75) is 19.3 Å². The molecule has 41 heavy (non-hydrogen) atoms. The molecule has 0 radical (unpaired) electrons. The normalized spacial score (nSPS) is 17.6. The SMILES string of the molecule is C=C(C(/C(=C1\C(=O)N(C)c2ccccc21)c1ccccc1)=C1/N(C)c2ccccc2C1(C)C)c1ccc(C#N)cc1. The monoisotopic (exact) mass is 533 g/mol. The first-order valence-corrected chi connectivity index (χ1v) is 13.7. The summed E-state index contributed by atoms with van der Waals surface area (Å²) in [6, 6.07) is 36.3. The molecule has 0 aromatic heterocycles. The van der Waals surface area contributed by atoms with Crippen molar-refractivity contribution >= 4 is 34.0 Å². The van der Waals surface area contributed by atoms with Crippen molar-refractivity contribution in [1.82, 2.24) is 0 Å². The van der Waals surface area contributed by atoms with Gasteiger partial charge in [0, 0.05) is 47.6 Å². The molecule has 0 saturated heterocycles. The minimum Gasteiger partial charge on any atom is -0.346 e. The average molecular weight is 534 g/mol. The topological polar surface area (TPSA) is 47.3 Å². The Kier molecular flexibility index (Phi) is 6.24. The number of likely N-dealkylation sites (N-methyl/N-ethyl adjacent to an activating group) is 2. The van der Waals surface area contributed by atoms with E-state index in [0.717, 1.165) is 50.5 Å². The van der Waals surface area contributed by atoms with Crippen LogP contribution in [0.4, 0.5) is 11.4 Å². The molecule has 0 atom stereocenters. The molecule has 0 fully saturated rings. The van der Waals surface area contributed by atoms with Gasteiger partial charge in [-0.05, 0) is 46.5 Å². The number of amides is 1. The van der Waals surface area contributed by atoms with E-state index in [2.05, 4.69) is 74.8 Å². The number of carbonyl (C=O) groups excluding carboxylic acids is 1. The van der Waals surface area contributed by atoms with Crippen molar-refractivity contribution < 1.29 is 4.79 Å². The maximum absolute atomic E-state index is 14.2. The van der Waals surface area contributed by atoms with Gasteiger partial charge in [-0.2, -0.15) is 5.26 Å². The van der Waals surface area contributed by atoms with Gasteiger partial charge < -0.3 is 9.80 Å². The number of fused-ring (bicyclic) bond motifs is 2. The van der Waals surface area contributed by atoms with E-state index in [1.54, 1.807) is 4.90 Å². The zero-order valence-corrected chi connectivity index (χ0v) is 23.8. The van der Waals surface area contributed by atoms with E-state index in [-0.39, 0.29) is 11.3 Å². The van der Waals surface area contributed by atoms with Gasteiger partial charge in [0.15, 0.2) is 0 Å². The third kappa shape index (κ3) is 4.01. The summed E-state index contributed by atoms with van der Waals surface area (Å²) in [6.45, 7) is 9.15. The Hall–Kier alpha value is -5.14. The van der Waals surface area contributed by atoms with Crippen LogP contribution < -0.4 is 9.80 Å². The lowest BCUT2D eigenvalue weighted by Gasteiger charge is -2.31. The Morgan fingerprint density at radius 2 is 1.37 bits per heavy atom. The molecule has 2 heterocycles. The Morgan fingerprint density at radius 3 is 2.02 bits per heavy atom. The molecule has 4 aromatic rings. The van der Waals surface area contributed by atoms with Gasteiger partial charge in [-0.25, -0.2) is 0 Å². The Morgan fingerprint density at radius 1 is 0.756 bits per heavy atom. The standard InChI is InChI=1S/C37H31N3O/c1-24(26-21-19-25(23-38)20-22-26)32(35-37(2,3)29-16-10-12-18-31(29)39(35)4)33(27-13-7-6-8-14-27)34-28-15-9-11-17-30(28)40(5)36(34)41/h6-22H,1H2,2-5H3/b34-33-,35-32-. The number of hydrogen-bond acceptors (Lipinski definition) is 3. The second-order valence-electron chi connectivity index (χ2n) is 11.1. The summed E-state index contributed by atoms with van der Waals surface area (Å²) in [5.74, 6) is -0.0493. The highest BCUT2D eigenvalue weighted by molar-refractivity contribution is 6.39. The number of allylic oxidation sites excluding steroid dienone is 4. The highest BCUT2D eigenvalue weighted by Gasteiger charge is 2.43. The van der Waals surface area contributed by atoms with Gasteiger partial charge in [0.2, 0.25) is 0 Å². The summed E-state index contributed by atoms with van der Waals surface area (Å²) in [6.07, 6.45) is 0. The molecule has 1 amide bonds. The molecule has 4 aromatic carbocycles. The fraction of sp³-hybridized carbons (Fsp3) is 0.135. The molecule has 0 bridgehead atoms. The van der Waals surface area contributed by atoms with Crippen LogP contribution >= 0.6 is 0 Å². The molecule has 200 valence electrons. The third-order valence-corrected chi connectivity index (χ3v) is 8.38. The summed E-state index contributed by atoms with van der Waals surface area (Å²) >= 11 is 0. The fourth-order valence-electron chi connectivity index (χ4n) is 6.37. The van der Waals surface area contributed by atoms with Crippen LogP contribution in [0.1, 0.15) is 41.7 Å². The van der Waals surface area contributed by atoms with E-state index in [0.29, 0.717) is 11.1 Å². The molecule has 4 nitrogen and oxygen atoms in total. The number of carbonyl (C=O) groups is 1. The van der Waals surface area contributed by atoms with Gasteiger partial charge >= 0.3 is 0 Å². The molecular formula is C37H31N3O. The highest BCUT2D eigenvalue weighted by atomic mass is 16.2.